The van der Waals surface area contributed by atoms with Gasteiger partial charge in [-0.3, -0.25) is 9.69 Å². The number of piperidine rings is 1. The van der Waals surface area contributed by atoms with E-state index in [1.807, 2.05) is 35.2 Å². The number of hydrogen-bond acceptors (Lipinski definition) is 2. The molecule has 1 aromatic carbocycles. The van der Waals surface area contributed by atoms with E-state index in [-0.39, 0.29) is 19.4 Å². The molecule has 20 heavy (non-hydrogen) atoms. The molecule has 3 nitrogen and oxygen atoms in total. The summed E-state index contributed by atoms with van der Waals surface area (Å²) in [6, 6.07) is 9.76. The Bertz CT molecular complexity index is 506. The third-order valence-corrected chi connectivity index (χ3v) is 4.46. The summed E-state index contributed by atoms with van der Waals surface area (Å²) in [5.41, 5.74) is -0.439. The van der Waals surface area contributed by atoms with Gasteiger partial charge >= 0.3 is 0 Å². The monoisotopic (exact) mass is 280 g/mol. The number of benzene rings is 1. The molecule has 1 spiro atoms. The fraction of sp³-hybridized carbons (Fsp3) is 0.533. The fourth-order valence-electron chi connectivity index (χ4n) is 3.26. The van der Waals surface area contributed by atoms with E-state index in [4.69, 9.17) is 0 Å². The van der Waals surface area contributed by atoms with Gasteiger partial charge in [0.2, 0.25) is 5.91 Å². The van der Waals surface area contributed by atoms with Crippen molar-refractivity contribution in [3.63, 3.8) is 0 Å². The number of carbonyl (C=O) groups excluding carboxylic acids is 1. The predicted octanol–water partition coefficient (Wildman–Crippen LogP) is 2.03. The minimum absolute atomic E-state index is 0.140. The predicted molar refractivity (Wildman–Crippen MR) is 71.3 cm³/mol. The van der Waals surface area contributed by atoms with Crippen molar-refractivity contribution in [2.45, 2.75) is 25.3 Å². The van der Waals surface area contributed by atoms with E-state index in [1.54, 1.807) is 0 Å². The first-order valence-corrected chi connectivity index (χ1v) is 6.96. The Labute approximate surface area is 117 Å². The van der Waals surface area contributed by atoms with Gasteiger partial charge in [-0.05, 0) is 12.0 Å². The van der Waals surface area contributed by atoms with Crippen LogP contribution in [0.3, 0.4) is 0 Å². The number of likely N-dealkylation sites (tertiary alicyclic amines) is 1. The molecule has 1 atom stereocenters. The van der Waals surface area contributed by atoms with Gasteiger partial charge in [0.05, 0.1) is 0 Å². The number of amides is 1. The molecule has 1 N–H and O–H groups in total. The van der Waals surface area contributed by atoms with E-state index < -0.39 is 17.2 Å². The maximum Gasteiger partial charge on any atom is 0.264 e. The maximum atomic E-state index is 14.2. The van der Waals surface area contributed by atoms with Gasteiger partial charge in [0.25, 0.3) is 5.92 Å². The first-order chi connectivity index (χ1) is 9.53. The highest BCUT2D eigenvalue weighted by Crippen LogP contribution is 2.48. The van der Waals surface area contributed by atoms with E-state index in [9.17, 15) is 13.6 Å². The highest BCUT2D eigenvalue weighted by molar-refractivity contribution is 5.86. The normalized spacial score (nSPS) is 29.6. The Hall–Kier alpha value is -1.49. The van der Waals surface area contributed by atoms with Crippen molar-refractivity contribution in [3.8, 4) is 0 Å². The van der Waals surface area contributed by atoms with Crippen LogP contribution in [0.15, 0.2) is 30.3 Å². The first-order valence-electron chi connectivity index (χ1n) is 6.96. The van der Waals surface area contributed by atoms with Gasteiger partial charge in [0.1, 0.15) is 5.41 Å². The molecular formula is C15H18F2N2O. The number of nitrogens with zero attached hydrogens (tertiary/aromatic N) is 1. The minimum Gasteiger partial charge on any atom is -0.355 e. The van der Waals surface area contributed by atoms with E-state index in [2.05, 4.69) is 5.32 Å². The summed E-state index contributed by atoms with van der Waals surface area (Å²) in [5.74, 6) is -3.39. The molecule has 5 heteroatoms. The summed E-state index contributed by atoms with van der Waals surface area (Å²) in [4.78, 5) is 13.9. The van der Waals surface area contributed by atoms with Crippen LogP contribution >= 0.6 is 0 Å². The summed E-state index contributed by atoms with van der Waals surface area (Å²) in [6.07, 6.45) is -0.0165. The van der Waals surface area contributed by atoms with Crippen LogP contribution in [0.2, 0.25) is 0 Å². The number of nitrogens with one attached hydrogen (secondary N) is 1. The molecule has 0 aromatic heterocycles. The van der Waals surface area contributed by atoms with Crippen molar-refractivity contribution < 1.29 is 13.6 Å². The van der Waals surface area contributed by atoms with Crippen LogP contribution in [0.5, 0.6) is 0 Å². The summed E-state index contributed by atoms with van der Waals surface area (Å²) >= 11 is 0. The van der Waals surface area contributed by atoms with Gasteiger partial charge in [-0.15, -0.1) is 0 Å². The molecule has 0 aliphatic carbocycles. The highest BCUT2D eigenvalue weighted by atomic mass is 19.3. The van der Waals surface area contributed by atoms with Crippen LogP contribution in [-0.2, 0) is 11.3 Å². The lowest BCUT2D eigenvalue weighted by atomic mass is 9.75. The van der Waals surface area contributed by atoms with E-state index in [1.165, 1.54) is 0 Å². The topological polar surface area (TPSA) is 32.3 Å². The van der Waals surface area contributed by atoms with Crippen molar-refractivity contribution in [2.24, 2.45) is 5.41 Å². The minimum atomic E-state index is -2.90. The Morgan fingerprint density at radius 2 is 1.95 bits per heavy atom. The Balaban J connectivity index is 1.79. The number of alkyl halides is 2. The smallest absolute Gasteiger partial charge is 0.264 e. The zero-order valence-corrected chi connectivity index (χ0v) is 11.2. The van der Waals surface area contributed by atoms with Crippen molar-refractivity contribution in [3.05, 3.63) is 35.9 Å². The SMILES string of the molecule is O=C1NCCC12CN(Cc1ccccc1)CCC2(F)F. The third kappa shape index (κ3) is 2.10. The van der Waals surface area contributed by atoms with Crippen LogP contribution in [0, 0.1) is 5.41 Å². The molecule has 2 fully saturated rings. The summed E-state index contributed by atoms with van der Waals surface area (Å²) in [7, 11) is 0. The maximum absolute atomic E-state index is 14.2. The van der Waals surface area contributed by atoms with Crippen LogP contribution < -0.4 is 5.32 Å². The third-order valence-electron chi connectivity index (χ3n) is 4.46. The number of rotatable bonds is 2. The molecule has 108 valence electrons. The second-order valence-corrected chi connectivity index (χ2v) is 5.74. The molecule has 2 saturated heterocycles. The van der Waals surface area contributed by atoms with Crippen LogP contribution in [0.4, 0.5) is 8.78 Å². The quantitative estimate of drug-likeness (QED) is 0.899. The lowest BCUT2D eigenvalue weighted by molar-refractivity contribution is -0.177. The fourth-order valence-corrected chi connectivity index (χ4v) is 3.26. The van der Waals surface area contributed by atoms with E-state index >= 15 is 0 Å². The molecule has 3 rings (SSSR count). The molecule has 2 heterocycles. The van der Waals surface area contributed by atoms with Crippen LogP contribution in [0.25, 0.3) is 0 Å². The summed E-state index contributed by atoms with van der Waals surface area (Å²) < 4.78 is 28.5. The number of halogens is 2. The van der Waals surface area contributed by atoms with Gasteiger partial charge in [0, 0.05) is 32.6 Å². The molecular weight excluding hydrogens is 262 g/mol. The Morgan fingerprint density at radius 3 is 2.60 bits per heavy atom. The second-order valence-electron chi connectivity index (χ2n) is 5.74. The molecule has 0 saturated carbocycles. The van der Waals surface area contributed by atoms with Crippen molar-refractivity contribution in [1.82, 2.24) is 10.2 Å². The molecule has 0 bridgehead atoms. The standard InChI is InChI=1S/C15H18F2N2O/c16-15(17)7-9-19(10-12-4-2-1-3-5-12)11-14(15)6-8-18-13(14)20/h1-5H,6-11H2,(H,18,20). The summed E-state index contributed by atoms with van der Waals surface area (Å²) in [6.45, 7) is 1.44. The van der Waals surface area contributed by atoms with Gasteiger partial charge in [-0.1, -0.05) is 30.3 Å². The average molecular weight is 280 g/mol. The second kappa shape index (κ2) is 4.81. The zero-order valence-electron chi connectivity index (χ0n) is 11.2. The van der Waals surface area contributed by atoms with Gasteiger partial charge in [-0.2, -0.15) is 0 Å². The molecule has 2 aliphatic rings. The molecule has 0 radical (unpaired) electrons. The number of carbonyl (C=O) groups is 1. The lowest BCUT2D eigenvalue weighted by Crippen LogP contribution is -2.58. The Kier molecular flexibility index (Phi) is 3.24. The van der Waals surface area contributed by atoms with Crippen molar-refractivity contribution in [1.29, 1.82) is 0 Å². The highest BCUT2D eigenvalue weighted by Gasteiger charge is 2.62. The molecule has 1 amide bonds. The van der Waals surface area contributed by atoms with Gasteiger partial charge in [0.15, 0.2) is 0 Å². The Morgan fingerprint density at radius 1 is 1.20 bits per heavy atom. The van der Waals surface area contributed by atoms with E-state index in [0.717, 1.165) is 5.56 Å². The zero-order chi connectivity index (χ0) is 14.2. The first kappa shape index (κ1) is 13.5. The van der Waals surface area contributed by atoms with Crippen LogP contribution in [0.1, 0.15) is 18.4 Å². The van der Waals surface area contributed by atoms with Crippen LogP contribution in [-0.4, -0.2) is 36.4 Å². The summed E-state index contributed by atoms with van der Waals surface area (Å²) in [5, 5.41) is 2.57. The van der Waals surface area contributed by atoms with E-state index in [0.29, 0.717) is 19.6 Å². The van der Waals surface area contributed by atoms with Crippen molar-refractivity contribution >= 4 is 5.91 Å². The van der Waals surface area contributed by atoms with Gasteiger partial charge < -0.3 is 5.32 Å². The van der Waals surface area contributed by atoms with Crippen molar-refractivity contribution in [2.75, 3.05) is 19.6 Å². The molecule has 1 unspecified atom stereocenters. The molecule has 2 aliphatic heterocycles. The lowest BCUT2D eigenvalue weighted by Gasteiger charge is -2.44. The molecule has 1 aromatic rings. The largest absolute Gasteiger partial charge is 0.355 e. The van der Waals surface area contributed by atoms with Gasteiger partial charge in [-0.25, -0.2) is 8.78 Å². The number of hydrogen-bond donors (Lipinski definition) is 1. The average Bonchev–Trinajstić information content (AvgIpc) is 2.79.